The molecule has 0 saturated carbocycles. The second-order valence-electron chi connectivity index (χ2n) is 8.31. The predicted molar refractivity (Wildman–Crippen MR) is 153 cm³/mol. The average molecular weight is 644 g/mol. The zero-order valence-corrected chi connectivity index (χ0v) is 23.5. The van der Waals surface area contributed by atoms with Crippen LogP contribution in [0.25, 0.3) is 6.08 Å². The number of imide groups is 2. The van der Waals surface area contributed by atoms with E-state index in [-0.39, 0.29) is 41.7 Å². The maximum Gasteiger partial charge on any atom is 0.335 e. The molecule has 0 spiro atoms. The lowest BCUT2D eigenvalue weighted by Gasteiger charge is -2.26. The minimum atomic E-state index is -0.999. The minimum absolute atomic E-state index is 0.0338. The Labute approximate surface area is 246 Å². The van der Waals surface area contributed by atoms with Gasteiger partial charge in [-0.3, -0.25) is 29.8 Å². The molecule has 4 rings (SSSR count). The number of benzene rings is 3. The largest absolute Gasteiger partial charge is 0.490 e. The van der Waals surface area contributed by atoms with Crippen molar-refractivity contribution in [2.75, 3.05) is 23.4 Å². The van der Waals surface area contributed by atoms with Crippen LogP contribution >= 0.6 is 27.5 Å². The number of nitrogens with one attached hydrogen (secondary N) is 2. The van der Waals surface area contributed by atoms with Crippen molar-refractivity contribution in [3.05, 3.63) is 91.4 Å². The zero-order chi connectivity index (χ0) is 29.7. The third-order valence-electron chi connectivity index (χ3n) is 5.56. The van der Waals surface area contributed by atoms with E-state index < -0.39 is 28.7 Å². The van der Waals surface area contributed by atoms with Crippen molar-refractivity contribution in [1.82, 2.24) is 5.32 Å². The van der Waals surface area contributed by atoms with E-state index in [1.165, 1.54) is 30.3 Å². The lowest BCUT2D eigenvalue weighted by Crippen LogP contribution is -2.54. The van der Waals surface area contributed by atoms with Crippen molar-refractivity contribution in [2.45, 2.75) is 6.92 Å². The summed E-state index contributed by atoms with van der Waals surface area (Å²) in [6.45, 7) is 1.59. The van der Waals surface area contributed by atoms with Crippen molar-refractivity contribution >= 4 is 74.4 Å². The Kier molecular flexibility index (Phi) is 9.00. The minimum Gasteiger partial charge on any atom is -0.490 e. The van der Waals surface area contributed by atoms with Crippen LogP contribution in [0.15, 0.2) is 70.7 Å². The smallest absolute Gasteiger partial charge is 0.335 e. The Hall–Kier alpha value is -4.75. The SMILES string of the molecule is CCOc1cc(/C=C2/C(=O)NC(=O)N(c3ccc([N+](=O)[O-])cc3)C2=O)cc(Br)c1OCC(=O)Nc1ccccc1Cl. The summed E-state index contributed by atoms with van der Waals surface area (Å²) >= 11 is 9.45. The molecule has 1 saturated heterocycles. The molecule has 2 N–H and O–H groups in total. The van der Waals surface area contributed by atoms with E-state index in [1.54, 1.807) is 31.2 Å². The van der Waals surface area contributed by atoms with E-state index in [1.807, 2.05) is 0 Å². The molecule has 3 aromatic rings. The number of hydrogen-bond acceptors (Lipinski definition) is 8. The second kappa shape index (κ2) is 12.6. The molecule has 41 heavy (non-hydrogen) atoms. The molecule has 0 atom stereocenters. The number of halogens is 2. The van der Waals surface area contributed by atoms with Crippen LogP contribution in [0.3, 0.4) is 0 Å². The molecular formula is C27H20BrClN4O8. The summed E-state index contributed by atoms with van der Waals surface area (Å²) in [6, 6.07) is 13.5. The van der Waals surface area contributed by atoms with Crippen LogP contribution in [0.5, 0.6) is 11.5 Å². The van der Waals surface area contributed by atoms with Gasteiger partial charge in [0.05, 0.1) is 32.4 Å². The number of ether oxygens (including phenoxy) is 2. The van der Waals surface area contributed by atoms with Gasteiger partial charge in [0.1, 0.15) is 5.57 Å². The number of nitrogens with zero attached hydrogens (tertiary/aromatic N) is 2. The molecular weight excluding hydrogens is 624 g/mol. The number of carbonyl (C=O) groups is 4. The fraction of sp³-hybridized carbons (Fsp3) is 0.111. The third-order valence-corrected chi connectivity index (χ3v) is 6.48. The third kappa shape index (κ3) is 6.70. The Balaban J connectivity index is 1.58. The van der Waals surface area contributed by atoms with E-state index in [4.69, 9.17) is 21.1 Å². The van der Waals surface area contributed by atoms with Gasteiger partial charge in [-0.05, 0) is 70.9 Å². The molecule has 14 heteroatoms. The van der Waals surface area contributed by atoms with Gasteiger partial charge >= 0.3 is 6.03 Å². The van der Waals surface area contributed by atoms with Crippen LogP contribution in [0, 0.1) is 10.1 Å². The first-order chi connectivity index (χ1) is 19.6. The maximum absolute atomic E-state index is 13.2. The number of para-hydroxylation sites is 1. The maximum atomic E-state index is 13.2. The van der Waals surface area contributed by atoms with E-state index >= 15 is 0 Å². The Morgan fingerprint density at radius 1 is 1.12 bits per heavy atom. The van der Waals surface area contributed by atoms with Crippen molar-refractivity contribution in [3.8, 4) is 11.5 Å². The van der Waals surface area contributed by atoms with Crippen LogP contribution in [-0.4, -0.2) is 41.9 Å². The van der Waals surface area contributed by atoms with Gasteiger partial charge in [-0.15, -0.1) is 0 Å². The van der Waals surface area contributed by atoms with Crippen LogP contribution < -0.4 is 25.0 Å². The number of anilines is 2. The number of hydrogen-bond donors (Lipinski definition) is 2. The average Bonchev–Trinajstić information content (AvgIpc) is 2.92. The number of nitro benzene ring substituents is 1. The summed E-state index contributed by atoms with van der Waals surface area (Å²) in [4.78, 5) is 61.7. The van der Waals surface area contributed by atoms with Crippen molar-refractivity contribution in [2.24, 2.45) is 0 Å². The lowest BCUT2D eigenvalue weighted by atomic mass is 10.1. The van der Waals surface area contributed by atoms with Crippen molar-refractivity contribution in [1.29, 1.82) is 0 Å². The highest BCUT2D eigenvalue weighted by Crippen LogP contribution is 2.38. The summed E-state index contributed by atoms with van der Waals surface area (Å²) < 4.78 is 11.7. The van der Waals surface area contributed by atoms with Crippen LogP contribution in [-0.2, 0) is 14.4 Å². The summed E-state index contributed by atoms with van der Waals surface area (Å²) in [5.74, 6) is -1.92. The van der Waals surface area contributed by atoms with E-state index in [2.05, 4.69) is 26.6 Å². The molecule has 210 valence electrons. The first kappa shape index (κ1) is 29.2. The van der Waals surface area contributed by atoms with Gasteiger partial charge in [0.15, 0.2) is 18.1 Å². The molecule has 1 aliphatic rings. The predicted octanol–water partition coefficient (Wildman–Crippen LogP) is 5.09. The summed E-state index contributed by atoms with van der Waals surface area (Å²) in [6.07, 6.45) is 1.25. The van der Waals surface area contributed by atoms with Crippen LogP contribution in [0.2, 0.25) is 5.02 Å². The Morgan fingerprint density at radius 3 is 2.49 bits per heavy atom. The zero-order valence-electron chi connectivity index (χ0n) is 21.2. The number of nitro groups is 1. The number of non-ortho nitro benzene ring substituents is 1. The Morgan fingerprint density at radius 2 is 1.83 bits per heavy atom. The molecule has 0 bridgehead atoms. The van der Waals surface area contributed by atoms with Gasteiger partial charge in [0, 0.05) is 12.1 Å². The number of rotatable bonds is 9. The van der Waals surface area contributed by atoms with Gasteiger partial charge in [-0.1, -0.05) is 23.7 Å². The van der Waals surface area contributed by atoms with Crippen LogP contribution in [0.1, 0.15) is 12.5 Å². The van der Waals surface area contributed by atoms with Gasteiger partial charge in [0.2, 0.25) is 0 Å². The van der Waals surface area contributed by atoms with E-state index in [0.29, 0.717) is 25.6 Å². The molecule has 12 nitrogen and oxygen atoms in total. The summed E-state index contributed by atoms with van der Waals surface area (Å²) in [5.41, 5.74) is 0.189. The van der Waals surface area contributed by atoms with Crippen molar-refractivity contribution in [3.63, 3.8) is 0 Å². The summed E-state index contributed by atoms with van der Waals surface area (Å²) in [5, 5.41) is 16.1. The Bertz CT molecular complexity index is 1590. The molecule has 1 fully saturated rings. The molecule has 0 unspecified atom stereocenters. The van der Waals surface area contributed by atoms with Gasteiger partial charge in [-0.2, -0.15) is 0 Å². The van der Waals surface area contributed by atoms with Gasteiger partial charge < -0.3 is 14.8 Å². The molecule has 3 aromatic carbocycles. The van der Waals surface area contributed by atoms with E-state index in [0.717, 1.165) is 12.1 Å². The normalized spacial score (nSPS) is 14.1. The number of barbiturate groups is 1. The quantitative estimate of drug-likeness (QED) is 0.141. The molecule has 5 amide bonds. The highest BCUT2D eigenvalue weighted by molar-refractivity contribution is 9.10. The first-order valence-electron chi connectivity index (χ1n) is 11.9. The topological polar surface area (TPSA) is 157 Å². The second-order valence-corrected chi connectivity index (χ2v) is 9.57. The standard InChI is InChI=1S/C27H20BrClN4O8/c1-2-40-22-13-15(12-19(28)24(22)41-14-23(34)30-21-6-4-3-5-20(21)29)11-18-25(35)31-27(37)32(26(18)36)16-7-9-17(10-8-16)33(38)39/h3-13H,2,14H2,1H3,(H,30,34)(H,31,35,37)/b18-11-. The summed E-state index contributed by atoms with van der Waals surface area (Å²) in [7, 11) is 0. The lowest BCUT2D eigenvalue weighted by molar-refractivity contribution is -0.384. The van der Waals surface area contributed by atoms with Gasteiger partial charge in [0.25, 0.3) is 23.4 Å². The molecule has 0 aliphatic carbocycles. The molecule has 1 aliphatic heterocycles. The van der Waals surface area contributed by atoms with Crippen LogP contribution in [0.4, 0.5) is 21.9 Å². The van der Waals surface area contributed by atoms with E-state index in [9.17, 15) is 29.3 Å². The van der Waals surface area contributed by atoms with Gasteiger partial charge in [-0.25, -0.2) is 9.69 Å². The molecule has 1 heterocycles. The monoisotopic (exact) mass is 642 g/mol. The molecule has 0 aromatic heterocycles. The first-order valence-corrected chi connectivity index (χ1v) is 13.1. The van der Waals surface area contributed by atoms with Crippen molar-refractivity contribution < 1.29 is 33.6 Å². The number of carbonyl (C=O) groups excluding carboxylic acids is 4. The number of amides is 5. The highest BCUT2D eigenvalue weighted by Gasteiger charge is 2.37. The number of urea groups is 1. The fourth-order valence-electron chi connectivity index (χ4n) is 3.74. The molecule has 0 radical (unpaired) electrons. The fourth-order valence-corrected chi connectivity index (χ4v) is 4.50. The highest BCUT2D eigenvalue weighted by atomic mass is 79.9.